The van der Waals surface area contributed by atoms with Crippen LogP contribution in [0.2, 0.25) is 0 Å². The predicted octanol–water partition coefficient (Wildman–Crippen LogP) is 3.04. The van der Waals surface area contributed by atoms with Crippen LogP contribution in [-0.2, 0) is 15.6 Å². The summed E-state index contributed by atoms with van der Waals surface area (Å²) in [5.74, 6) is -1.53. The number of benzene rings is 3. The summed E-state index contributed by atoms with van der Waals surface area (Å²) >= 11 is 0. The zero-order valence-electron chi connectivity index (χ0n) is 15.4. The second kappa shape index (κ2) is 6.43. The van der Waals surface area contributed by atoms with Crippen molar-refractivity contribution in [1.29, 1.82) is 0 Å². The third-order valence-corrected chi connectivity index (χ3v) is 6.73. The summed E-state index contributed by atoms with van der Waals surface area (Å²) in [6.07, 6.45) is 0. The molecule has 0 amide bonds. The summed E-state index contributed by atoms with van der Waals surface area (Å²) in [5, 5.41) is 0.168. The number of hydrogen-bond acceptors (Lipinski definition) is 5. The molecular formula is C22H13FN2O4S. The maximum absolute atomic E-state index is 13.5. The molecule has 0 saturated carbocycles. The Morgan fingerprint density at radius 2 is 1.70 bits per heavy atom. The van der Waals surface area contributed by atoms with Crippen molar-refractivity contribution in [2.24, 2.45) is 0 Å². The lowest BCUT2D eigenvalue weighted by Crippen LogP contribution is -2.21. The lowest BCUT2D eigenvalue weighted by Gasteiger charge is -2.08. The molecule has 1 aliphatic heterocycles. The Morgan fingerprint density at radius 1 is 0.933 bits per heavy atom. The first-order chi connectivity index (χ1) is 14.3. The van der Waals surface area contributed by atoms with Crippen LogP contribution in [-0.4, -0.2) is 23.8 Å². The van der Waals surface area contributed by atoms with Gasteiger partial charge < -0.3 is 0 Å². The van der Waals surface area contributed by atoms with Crippen molar-refractivity contribution in [2.75, 3.05) is 0 Å². The van der Waals surface area contributed by atoms with Gasteiger partial charge in [0.05, 0.1) is 32.8 Å². The normalized spacial score (nSPS) is 12.8. The number of nitrogens with zero attached hydrogens (tertiary/aromatic N) is 2. The number of carbonyl (C=O) groups is 1. The van der Waals surface area contributed by atoms with E-state index in [2.05, 4.69) is 4.98 Å². The molecular weight excluding hydrogens is 407 g/mol. The smallest absolute Gasteiger partial charge is 0.266 e. The number of hydrogen-bond donors (Lipinski definition) is 0. The second-order valence-electron chi connectivity index (χ2n) is 6.99. The van der Waals surface area contributed by atoms with Crippen molar-refractivity contribution in [3.05, 3.63) is 99.9 Å². The van der Waals surface area contributed by atoms with E-state index in [1.54, 1.807) is 30.3 Å². The molecule has 4 aromatic rings. The van der Waals surface area contributed by atoms with Gasteiger partial charge >= 0.3 is 0 Å². The van der Waals surface area contributed by atoms with Gasteiger partial charge in [0.2, 0.25) is 5.78 Å². The highest BCUT2D eigenvalue weighted by Crippen LogP contribution is 2.29. The lowest BCUT2D eigenvalue weighted by atomic mass is 10.1. The van der Waals surface area contributed by atoms with E-state index < -0.39 is 27.0 Å². The van der Waals surface area contributed by atoms with Gasteiger partial charge in [-0.15, -0.1) is 0 Å². The second-order valence-corrected chi connectivity index (χ2v) is 8.98. The Kier molecular flexibility index (Phi) is 3.94. The van der Waals surface area contributed by atoms with Gasteiger partial charge in [0.15, 0.2) is 15.7 Å². The molecule has 6 nitrogen and oxygen atoms in total. The molecule has 0 N–H and O–H groups in total. The first-order valence-electron chi connectivity index (χ1n) is 9.03. The molecule has 0 fully saturated rings. The van der Waals surface area contributed by atoms with Gasteiger partial charge in [-0.2, -0.15) is 0 Å². The van der Waals surface area contributed by atoms with Gasteiger partial charge in [-0.1, -0.05) is 30.3 Å². The Bertz CT molecular complexity index is 1530. The summed E-state index contributed by atoms with van der Waals surface area (Å²) in [5.41, 5.74) is 0.520. The first-order valence-corrected chi connectivity index (χ1v) is 10.7. The van der Waals surface area contributed by atoms with Crippen molar-refractivity contribution in [3.63, 3.8) is 0 Å². The molecule has 8 heteroatoms. The summed E-state index contributed by atoms with van der Waals surface area (Å²) in [6, 6.07) is 16.3. The van der Waals surface area contributed by atoms with Crippen molar-refractivity contribution in [3.8, 4) is 5.69 Å². The molecule has 0 bridgehead atoms. The maximum atomic E-state index is 13.5. The highest BCUT2D eigenvalue weighted by atomic mass is 32.2. The van der Waals surface area contributed by atoms with E-state index in [1.807, 2.05) is 0 Å². The number of rotatable bonds is 3. The van der Waals surface area contributed by atoms with Gasteiger partial charge in [0, 0.05) is 6.07 Å². The van der Waals surface area contributed by atoms with Gasteiger partial charge in [-0.3, -0.25) is 14.2 Å². The molecule has 1 aromatic heterocycles. The van der Waals surface area contributed by atoms with Crippen LogP contribution in [0.4, 0.5) is 4.39 Å². The average Bonchev–Trinajstić information content (AvgIpc) is 3.00. The zero-order valence-corrected chi connectivity index (χ0v) is 16.2. The van der Waals surface area contributed by atoms with E-state index in [1.165, 1.54) is 24.3 Å². The number of halogens is 1. The number of carbonyl (C=O) groups excluding carboxylic acids is 1. The Morgan fingerprint density at radius 3 is 2.47 bits per heavy atom. The third kappa shape index (κ3) is 2.76. The van der Waals surface area contributed by atoms with Gasteiger partial charge in [0.1, 0.15) is 5.82 Å². The van der Waals surface area contributed by atoms with Crippen LogP contribution in [0.1, 0.15) is 21.7 Å². The SMILES string of the molecule is O=C1c2cc(S(=O)(=O)Cc3ccccc3)ccc2-n2c1nc1cc(F)ccc1c2=O. The van der Waals surface area contributed by atoms with Crippen LogP contribution in [0.15, 0.2) is 76.4 Å². The van der Waals surface area contributed by atoms with E-state index in [-0.39, 0.29) is 38.6 Å². The molecule has 0 spiro atoms. The van der Waals surface area contributed by atoms with Gasteiger partial charge in [-0.05, 0) is 35.9 Å². The highest BCUT2D eigenvalue weighted by molar-refractivity contribution is 7.90. The van der Waals surface area contributed by atoms with E-state index >= 15 is 0 Å². The first kappa shape index (κ1) is 18.4. The molecule has 0 atom stereocenters. The molecule has 0 radical (unpaired) electrons. The predicted molar refractivity (Wildman–Crippen MR) is 108 cm³/mol. The fourth-order valence-electron chi connectivity index (χ4n) is 3.62. The largest absolute Gasteiger partial charge is 0.285 e. The van der Waals surface area contributed by atoms with Gasteiger partial charge in [-0.25, -0.2) is 17.8 Å². The van der Waals surface area contributed by atoms with Crippen molar-refractivity contribution in [1.82, 2.24) is 9.55 Å². The average molecular weight is 420 g/mol. The third-order valence-electron chi connectivity index (χ3n) is 5.05. The Hall–Kier alpha value is -3.65. The molecule has 1 aliphatic rings. The number of sulfone groups is 1. The fourth-order valence-corrected chi connectivity index (χ4v) is 4.99. The lowest BCUT2D eigenvalue weighted by molar-refractivity contribution is 0.103. The highest BCUT2D eigenvalue weighted by Gasteiger charge is 2.32. The minimum Gasteiger partial charge on any atom is -0.285 e. The van der Waals surface area contributed by atoms with E-state index in [0.29, 0.717) is 5.56 Å². The standard InChI is InChI=1S/C22H13FN2O4S/c23-14-6-8-16-18(10-14)24-21-20(26)17-11-15(7-9-19(17)25(21)22(16)27)30(28,29)12-13-4-2-1-3-5-13/h1-11H,12H2. The number of fused-ring (bicyclic) bond motifs is 4. The molecule has 30 heavy (non-hydrogen) atoms. The van der Waals surface area contributed by atoms with Gasteiger partial charge in [0.25, 0.3) is 5.56 Å². The molecule has 5 rings (SSSR count). The van der Waals surface area contributed by atoms with Crippen LogP contribution in [0, 0.1) is 5.82 Å². The van der Waals surface area contributed by atoms with E-state index in [9.17, 15) is 22.4 Å². The van der Waals surface area contributed by atoms with Crippen LogP contribution in [0.5, 0.6) is 0 Å². The molecule has 2 heterocycles. The van der Waals surface area contributed by atoms with Crippen molar-refractivity contribution >= 4 is 26.5 Å². The topological polar surface area (TPSA) is 86.1 Å². The quantitative estimate of drug-likeness (QED) is 0.448. The number of ketones is 1. The van der Waals surface area contributed by atoms with E-state index in [4.69, 9.17) is 0 Å². The summed E-state index contributed by atoms with van der Waals surface area (Å²) in [6.45, 7) is 0. The maximum Gasteiger partial charge on any atom is 0.266 e. The Balaban J connectivity index is 1.64. The van der Waals surface area contributed by atoms with Crippen LogP contribution in [0.25, 0.3) is 16.6 Å². The minimum absolute atomic E-state index is 0.0186. The fraction of sp³-hybridized carbons (Fsp3) is 0.0455. The van der Waals surface area contributed by atoms with Crippen LogP contribution in [0.3, 0.4) is 0 Å². The monoisotopic (exact) mass is 420 g/mol. The summed E-state index contributed by atoms with van der Waals surface area (Å²) < 4.78 is 40.4. The molecule has 3 aromatic carbocycles. The summed E-state index contributed by atoms with van der Waals surface area (Å²) in [7, 11) is -3.71. The van der Waals surface area contributed by atoms with Crippen LogP contribution < -0.4 is 5.56 Å². The molecule has 0 aliphatic carbocycles. The number of aromatic nitrogens is 2. The van der Waals surface area contributed by atoms with Crippen molar-refractivity contribution < 1.29 is 17.6 Å². The minimum atomic E-state index is -3.71. The Labute approximate surface area is 170 Å². The van der Waals surface area contributed by atoms with Crippen molar-refractivity contribution in [2.45, 2.75) is 10.6 Å². The molecule has 0 saturated heterocycles. The summed E-state index contributed by atoms with van der Waals surface area (Å²) in [4.78, 5) is 29.9. The zero-order chi connectivity index (χ0) is 21.0. The van der Waals surface area contributed by atoms with E-state index in [0.717, 1.165) is 16.7 Å². The molecule has 0 unspecified atom stereocenters. The molecule has 148 valence electrons. The van der Waals surface area contributed by atoms with Crippen LogP contribution >= 0.6 is 0 Å².